The standard InChI is InChI=1S/C45H28N4O/c1-3-15-29(16-4-1)43-46-44(30-17-5-2-6-18-30)48-45(47-43)34-20-8-11-25-37(34)49-36-24-10-7-19-33(36)41-31(22-13-26-38(41)49)32-23-14-28-40-42(32)35-21-9-12-27-39(35)50-40/h1-28H. The van der Waals surface area contributed by atoms with Gasteiger partial charge in [0.1, 0.15) is 11.2 Å². The van der Waals surface area contributed by atoms with Gasteiger partial charge < -0.3 is 8.98 Å². The molecule has 10 rings (SSSR count). The first kappa shape index (κ1) is 28.2. The van der Waals surface area contributed by atoms with Gasteiger partial charge in [-0.15, -0.1) is 0 Å². The highest BCUT2D eigenvalue weighted by molar-refractivity contribution is 6.21. The number of furan rings is 1. The topological polar surface area (TPSA) is 56.7 Å². The Labute approximate surface area is 287 Å². The summed E-state index contributed by atoms with van der Waals surface area (Å²) in [7, 11) is 0. The van der Waals surface area contributed by atoms with E-state index in [0.29, 0.717) is 17.5 Å². The van der Waals surface area contributed by atoms with Crippen LogP contribution in [-0.4, -0.2) is 19.5 Å². The lowest BCUT2D eigenvalue weighted by Crippen LogP contribution is -2.03. The zero-order chi connectivity index (χ0) is 33.0. The second-order valence-electron chi connectivity index (χ2n) is 12.4. The van der Waals surface area contributed by atoms with E-state index in [4.69, 9.17) is 19.4 Å². The average molecular weight is 641 g/mol. The number of fused-ring (bicyclic) bond motifs is 6. The third kappa shape index (κ3) is 4.45. The first-order chi connectivity index (χ1) is 24.8. The maximum atomic E-state index is 6.31. The number of hydrogen-bond acceptors (Lipinski definition) is 4. The number of para-hydroxylation sites is 3. The van der Waals surface area contributed by atoms with Crippen molar-refractivity contribution in [2.45, 2.75) is 0 Å². The predicted octanol–water partition coefficient (Wildman–Crippen LogP) is 11.5. The van der Waals surface area contributed by atoms with E-state index in [1.54, 1.807) is 0 Å². The summed E-state index contributed by atoms with van der Waals surface area (Å²) in [6.07, 6.45) is 0. The van der Waals surface area contributed by atoms with Crippen molar-refractivity contribution in [2.24, 2.45) is 0 Å². The molecular formula is C45H28N4O. The van der Waals surface area contributed by atoms with Gasteiger partial charge in [0.2, 0.25) is 0 Å². The maximum Gasteiger partial charge on any atom is 0.166 e. The van der Waals surface area contributed by atoms with E-state index < -0.39 is 0 Å². The van der Waals surface area contributed by atoms with Gasteiger partial charge in [-0.05, 0) is 47.5 Å². The lowest BCUT2D eigenvalue weighted by atomic mass is 9.95. The van der Waals surface area contributed by atoms with Crippen LogP contribution in [0.25, 0.3) is 94.7 Å². The molecule has 0 aliphatic carbocycles. The number of hydrogen-bond donors (Lipinski definition) is 0. The first-order valence-electron chi connectivity index (χ1n) is 16.7. The molecule has 0 N–H and O–H groups in total. The molecule has 5 heteroatoms. The molecule has 234 valence electrons. The third-order valence-electron chi connectivity index (χ3n) is 9.48. The molecule has 0 aliphatic rings. The SMILES string of the molecule is c1ccc(-c2nc(-c3ccccc3)nc(-c3ccccc3-n3c4ccccc4c4c(-c5cccc6oc7ccccc7c56)cccc43)n2)cc1. The summed E-state index contributed by atoms with van der Waals surface area (Å²) in [6, 6.07) is 58.5. The highest BCUT2D eigenvalue weighted by Crippen LogP contribution is 2.44. The molecule has 5 nitrogen and oxygen atoms in total. The smallest absolute Gasteiger partial charge is 0.166 e. The van der Waals surface area contributed by atoms with Crippen molar-refractivity contribution in [3.8, 4) is 51.0 Å². The van der Waals surface area contributed by atoms with E-state index in [0.717, 1.165) is 66.5 Å². The first-order valence-corrected chi connectivity index (χ1v) is 16.7. The van der Waals surface area contributed by atoms with Gasteiger partial charge in [0.25, 0.3) is 0 Å². The van der Waals surface area contributed by atoms with Crippen LogP contribution < -0.4 is 0 Å². The fourth-order valence-electron chi connectivity index (χ4n) is 7.29. The average Bonchev–Trinajstić information content (AvgIpc) is 3.74. The molecule has 0 spiro atoms. The summed E-state index contributed by atoms with van der Waals surface area (Å²) in [5, 5.41) is 4.59. The fourth-order valence-corrected chi connectivity index (χ4v) is 7.29. The summed E-state index contributed by atoms with van der Waals surface area (Å²) in [5.74, 6) is 1.88. The number of nitrogens with zero attached hydrogens (tertiary/aromatic N) is 4. The fraction of sp³-hybridized carbons (Fsp3) is 0. The predicted molar refractivity (Wildman–Crippen MR) is 203 cm³/mol. The van der Waals surface area contributed by atoms with E-state index in [9.17, 15) is 0 Å². The van der Waals surface area contributed by atoms with Crippen molar-refractivity contribution in [3.05, 3.63) is 170 Å². The van der Waals surface area contributed by atoms with Crippen LogP contribution in [0.5, 0.6) is 0 Å². The summed E-state index contributed by atoms with van der Waals surface area (Å²) in [6.45, 7) is 0. The molecule has 0 saturated heterocycles. The van der Waals surface area contributed by atoms with Gasteiger partial charge in [-0.1, -0.05) is 133 Å². The molecule has 0 saturated carbocycles. The van der Waals surface area contributed by atoms with Crippen LogP contribution in [0.3, 0.4) is 0 Å². The Kier molecular flexibility index (Phi) is 6.42. The molecule has 0 radical (unpaired) electrons. The Morgan fingerprint density at radius 1 is 0.360 bits per heavy atom. The van der Waals surface area contributed by atoms with Crippen molar-refractivity contribution < 1.29 is 4.42 Å². The quantitative estimate of drug-likeness (QED) is 0.188. The summed E-state index contributed by atoms with van der Waals surface area (Å²) in [5.41, 5.74) is 10.1. The van der Waals surface area contributed by atoms with Gasteiger partial charge in [-0.3, -0.25) is 0 Å². The van der Waals surface area contributed by atoms with Gasteiger partial charge in [0, 0.05) is 38.2 Å². The van der Waals surface area contributed by atoms with Crippen LogP contribution in [0.4, 0.5) is 0 Å². The van der Waals surface area contributed by atoms with Crippen molar-refractivity contribution in [1.82, 2.24) is 19.5 Å². The van der Waals surface area contributed by atoms with Crippen LogP contribution in [0, 0.1) is 0 Å². The molecule has 50 heavy (non-hydrogen) atoms. The number of rotatable bonds is 5. The van der Waals surface area contributed by atoms with Crippen LogP contribution in [0.1, 0.15) is 0 Å². The Hall–Kier alpha value is -6.85. The lowest BCUT2D eigenvalue weighted by molar-refractivity contribution is 0.669. The molecule has 0 aliphatic heterocycles. The van der Waals surface area contributed by atoms with Gasteiger partial charge in [0.15, 0.2) is 17.5 Å². The molecule has 10 aromatic rings. The molecule has 0 unspecified atom stereocenters. The molecule has 0 fully saturated rings. The van der Waals surface area contributed by atoms with Crippen LogP contribution in [0.2, 0.25) is 0 Å². The minimum atomic E-state index is 0.616. The van der Waals surface area contributed by atoms with Crippen molar-refractivity contribution in [1.29, 1.82) is 0 Å². The molecular weight excluding hydrogens is 613 g/mol. The zero-order valence-electron chi connectivity index (χ0n) is 26.9. The number of benzene rings is 7. The van der Waals surface area contributed by atoms with Crippen LogP contribution in [-0.2, 0) is 0 Å². The molecule has 0 amide bonds. The maximum absolute atomic E-state index is 6.31. The van der Waals surface area contributed by atoms with Crippen molar-refractivity contribution >= 4 is 43.7 Å². The van der Waals surface area contributed by atoms with Crippen molar-refractivity contribution in [3.63, 3.8) is 0 Å². The van der Waals surface area contributed by atoms with E-state index in [1.807, 2.05) is 72.8 Å². The second kappa shape index (κ2) is 11.4. The largest absolute Gasteiger partial charge is 0.456 e. The molecule has 7 aromatic carbocycles. The highest BCUT2D eigenvalue weighted by atomic mass is 16.3. The molecule has 3 aromatic heterocycles. The highest BCUT2D eigenvalue weighted by Gasteiger charge is 2.22. The van der Waals surface area contributed by atoms with Gasteiger partial charge in [-0.2, -0.15) is 0 Å². The molecule has 0 bridgehead atoms. The van der Waals surface area contributed by atoms with E-state index in [1.165, 1.54) is 10.8 Å². The van der Waals surface area contributed by atoms with Gasteiger partial charge >= 0.3 is 0 Å². The van der Waals surface area contributed by atoms with Crippen LogP contribution >= 0.6 is 0 Å². The molecule has 0 atom stereocenters. The Morgan fingerprint density at radius 2 is 0.880 bits per heavy atom. The normalized spacial score (nSPS) is 11.6. The van der Waals surface area contributed by atoms with Crippen molar-refractivity contribution in [2.75, 3.05) is 0 Å². The van der Waals surface area contributed by atoms with E-state index >= 15 is 0 Å². The van der Waals surface area contributed by atoms with Gasteiger partial charge in [-0.25, -0.2) is 15.0 Å². The Bertz CT molecular complexity index is 2810. The van der Waals surface area contributed by atoms with Gasteiger partial charge in [0.05, 0.1) is 16.7 Å². The summed E-state index contributed by atoms with van der Waals surface area (Å²) < 4.78 is 8.66. The second-order valence-corrected chi connectivity index (χ2v) is 12.4. The lowest BCUT2D eigenvalue weighted by Gasteiger charge is -2.15. The van der Waals surface area contributed by atoms with E-state index in [2.05, 4.69) is 102 Å². The Morgan fingerprint density at radius 3 is 1.64 bits per heavy atom. The Balaban J connectivity index is 1.25. The zero-order valence-corrected chi connectivity index (χ0v) is 26.9. The molecule has 3 heterocycles. The minimum Gasteiger partial charge on any atom is -0.456 e. The third-order valence-corrected chi connectivity index (χ3v) is 9.48. The summed E-state index contributed by atoms with van der Waals surface area (Å²) >= 11 is 0. The number of aromatic nitrogens is 4. The van der Waals surface area contributed by atoms with Crippen LogP contribution in [0.15, 0.2) is 174 Å². The van der Waals surface area contributed by atoms with E-state index in [-0.39, 0.29) is 0 Å². The summed E-state index contributed by atoms with van der Waals surface area (Å²) in [4.78, 5) is 15.2. The minimum absolute atomic E-state index is 0.616. The monoisotopic (exact) mass is 640 g/mol.